The molecular formula is C30H29ClN4O6S. The second kappa shape index (κ2) is 12.5. The van der Waals surface area contributed by atoms with E-state index in [9.17, 15) is 23.1 Å². The van der Waals surface area contributed by atoms with Gasteiger partial charge in [-0.2, -0.15) is 0 Å². The first-order chi connectivity index (χ1) is 19.6. The molecule has 1 amide bonds. The lowest BCUT2D eigenvalue weighted by molar-refractivity contribution is -0.135. The number of nitrogens with one attached hydrogen (secondary N) is 1. The Morgan fingerprint density at radius 1 is 1.00 bits per heavy atom. The number of halogens is 1. The highest BCUT2D eigenvalue weighted by molar-refractivity contribution is 7.93. The number of benzene rings is 4. The Hall–Kier alpha value is -4.61. The van der Waals surface area contributed by atoms with E-state index in [1.165, 1.54) is 12.1 Å². The Morgan fingerprint density at radius 3 is 2.43 bits per heavy atom. The Kier molecular flexibility index (Phi) is 9.03. The number of hydrogen-bond donors (Lipinski definition) is 3. The fourth-order valence-corrected chi connectivity index (χ4v) is 6.55. The summed E-state index contributed by atoms with van der Waals surface area (Å²) in [7, 11) is -4.25. The second-order valence-electron chi connectivity index (χ2n) is 9.57. The van der Waals surface area contributed by atoms with Gasteiger partial charge in [0.2, 0.25) is 0 Å². The lowest BCUT2D eigenvalue weighted by Crippen LogP contribution is -2.39. The highest BCUT2D eigenvalue weighted by atomic mass is 35.5. The van der Waals surface area contributed by atoms with Crippen LogP contribution in [0, 0.1) is 5.41 Å². The molecular weight excluding hydrogens is 580 g/mol. The maximum atomic E-state index is 13.9. The molecule has 0 atom stereocenters. The normalized spacial score (nSPS) is 12.6. The third-order valence-corrected chi connectivity index (χ3v) is 8.73. The van der Waals surface area contributed by atoms with E-state index < -0.39 is 22.5 Å². The standard InChI is InChI=1S/C30H28N4O6S.ClH/c31-30(32)21-10-13-24(14-11-21)40-19-28(35)33-16-4-7-22-17-23(12-15-26(22)33)34(18-29(36)37)41(38,39)27-9-3-6-20-5-1-2-8-25(20)27;/h1-3,5-6,8-15,17H,4,7,16,18-19H2,(H3,31,32)(H,36,37);1H. The number of sulfonamides is 1. The first kappa shape index (κ1) is 30.4. The van der Waals surface area contributed by atoms with Gasteiger partial charge in [-0.1, -0.05) is 36.4 Å². The van der Waals surface area contributed by atoms with E-state index in [2.05, 4.69) is 0 Å². The number of ether oxygens (including phenoxy) is 1. The third kappa shape index (κ3) is 6.17. The van der Waals surface area contributed by atoms with E-state index in [1.54, 1.807) is 77.7 Å². The zero-order valence-corrected chi connectivity index (χ0v) is 24.0. The summed E-state index contributed by atoms with van der Waals surface area (Å²) in [4.78, 5) is 26.5. The molecule has 1 aliphatic heterocycles. The minimum absolute atomic E-state index is 0. The summed E-state index contributed by atoms with van der Waals surface area (Å²) in [5, 5.41) is 18.3. The summed E-state index contributed by atoms with van der Waals surface area (Å²) in [6, 6.07) is 23.3. The molecule has 0 fully saturated rings. The number of carbonyl (C=O) groups excluding carboxylic acids is 1. The molecule has 42 heavy (non-hydrogen) atoms. The molecule has 0 radical (unpaired) electrons. The quantitative estimate of drug-likeness (QED) is 0.190. The van der Waals surface area contributed by atoms with E-state index in [0.29, 0.717) is 41.8 Å². The molecule has 218 valence electrons. The maximum Gasteiger partial charge on any atom is 0.324 e. The first-order valence-corrected chi connectivity index (χ1v) is 14.3. The fraction of sp³-hybridized carbons (Fsp3) is 0.167. The van der Waals surface area contributed by atoms with Gasteiger partial charge in [0.15, 0.2) is 6.61 Å². The average Bonchev–Trinajstić information content (AvgIpc) is 2.97. The van der Waals surface area contributed by atoms with Gasteiger partial charge in [-0.25, -0.2) is 8.42 Å². The molecule has 0 saturated carbocycles. The topological polar surface area (TPSA) is 154 Å². The molecule has 4 aromatic rings. The average molecular weight is 609 g/mol. The third-order valence-electron chi connectivity index (χ3n) is 6.89. The van der Waals surface area contributed by atoms with Crippen molar-refractivity contribution < 1.29 is 27.9 Å². The van der Waals surface area contributed by atoms with E-state index >= 15 is 0 Å². The van der Waals surface area contributed by atoms with Crippen LogP contribution in [0.4, 0.5) is 11.4 Å². The molecule has 0 spiro atoms. The minimum atomic E-state index is -4.25. The van der Waals surface area contributed by atoms with Crippen LogP contribution in [0.3, 0.4) is 0 Å². The highest BCUT2D eigenvalue weighted by Crippen LogP contribution is 2.34. The minimum Gasteiger partial charge on any atom is -0.484 e. The molecule has 4 aromatic carbocycles. The van der Waals surface area contributed by atoms with Crippen molar-refractivity contribution in [1.29, 1.82) is 5.41 Å². The molecule has 1 aliphatic rings. The number of nitrogens with two attached hydrogens (primary N) is 1. The van der Waals surface area contributed by atoms with E-state index in [-0.39, 0.29) is 41.3 Å². The van der Waals surface area contributed by atoms with Crippen molar-refractivity contribution in [2.24, 2.45) is 5.73 Å². The second-order valence-corrected chi connectivity index (χ2v) is 11.4. The van der Waals surface area contributed by atoms with Crippen molar-refractivity contribution in [3.63, 3.8) is 0 Å². The van der Waals surface area contributed by atoms with Crippen LogP contribution >= 0.6 is 12.4 Å². The molecule has 12 heteroatoms. The van der Waals surface area contributed by atoms with Gasteiger partial charge in [0.25, 0.3) is 15.9 Å². The predicted molar refractivity (Wildman–Crippen MR) is 163 cm³/mol. The summed E-state index contributed by atoms with van der Waals surface area (Å²) in [5.74, 6) is -1.18. The van der Waals surface area contributed by atoms with Crippen molar-refractivity contribution in [3.05, 3.63) is 96.1 Å². The number of carboxylic acids is 1. The number of nitrogens with zero attached hydrogens (tertiary/aromatic N) is 2. The molecule has 0 aliphatic carbocycles. The zero-order valence-electron chi connectivity index (χ0n) is 22.4. The number of carbonyl (C=O) groups is 2. The fourth-order valence-electron chi connectivity index (χ4n) is 4.93. The van der Waals surface area contributed by atoms with Crippen LogP contribution in [-0.4, -0.2) is 50.9 Å². The number of fused-ring (bicyclic) bond motifs is 2. The van der Waals surface area contributed by atoms with E-state index in [0.717, 1.165) is 15.3 Å². The Labute approximate surface area is 249 Å². The number of rotatable bonds is 9. The van der Waals surface area contributed by atoms with Gasteiger partial charge in [0.1, 0.15) is 18.1 Å². The lowest BCUT2D eigenvalue weighted by Gasteiger charge is -2.31. The van der Waals surface area contributed by atoms with Gasteiger partial charge in [0.05, 0.1) is 10.6 Å². The van der Waals surface area contributed by atoms with Crippen LogP contribution in [0.1, 0.15) is 17.5 Å². The summed E-state index contributed by atoms with van der Waals surface area (Å²) in [5.41, 5.74) is 7.58. The smallest absolute Gasteiger partial charge is 0.324 e. The lowest BCUT2D eigenvalue weighted by atomic mass is 10.0. The molecule has 4 N–H and O–H groups in total. The van der Waals surface area contributed by atoms with Gasteiger partial charge >= 0.3 is 5.97 Å². The monoisotopic (exact) mass is 608 g/mol. The SMILES string of the molecule is Cl.N=C(N)c1ccc(OCC(=O)N2CCCc3cc(N(CC(=O)O)S(=O)(=O)c4cccc5ccccc45)ccc32)cc1. The Bertz CT molecular complexity index is 1760. The van der Waals surface area contributed by atoms with Crippen molar-refractivity contribution >= 4 is 62.3 Å². The number of anilines is 2. The number of hydrogen-bond acceptors (Lipinski definition) is 6. The molecule has 0 saturated heterocycles. The van der Waals surface area contributed by atoms with Crippen molar-refractivity contribution in [3.8, 4) is 5.75 Å². The van der Waals surface area contributed by atoms with Gasteiger partial charge in [-0.3, -0.25) is 19.3 Å². The summed E-state index contributed by atoms with van der Waals surface area (Å²) < 4.78 is 34.3. The van der Waals surface area contributed by atoms with Crippen LogP contribution in [0.5, 0.6) is 5.75 Å². The zero-order chi connectivity index (χ0) is 29.1. The van der Waals surface area contributed by atoms with Crippen LogP contribution in [0.15, 0.2) is 89.8 Å². The summed E-state index contributed by atoms with van der Waals surface area (Å²) >= 11 is 0. The molecule has 0 aromatic heterocycles. The van der Waals surface area contributed by atoms with Gasteiger partial charge in [0, 0.05) is 23.2 Å². The number of amidine groups is 1. The molecule has 5 rings (SSSR count). The number of aryl methyl sites for hydroxylation is 1. The number of amides is 1. The predicted octanol–water partition coefficient (Wildman–Crippen LogP) is 4.18. The Morgan fingerprint density at radius 2 is 1.71 bits per heavy atom. The maximum absolute atomic E-state index is 13.9. The number of aliphatic carboxylic acids is 1. The summed E-state index contributed by atoms with van der Waals surface area (Å²) in [6.45, 7) is -0.518. The van der Waals surface area contributed by atoms with Crippen LogP contribution in [-0.2, 0) is 26.0 Å². The van der Waals surface area contributed by atoms with Crippen LogP contribution in [0.2, 0.25) is 0 Å². The van der Waals surface area contributed by atoms with Gasteiger partial charge in [-0.15, -0.1) is 12.4 Å². The summed E-state index contributed by atoms with van der Waals surface area (Å²) in [6.07, 6.45) is 1.24. The molecule has 0 bridgehead atoms. The highest BCUT2D eigenvalue weighted by Gasteiger charge is 2.30. The van der Waals surface area contributed by atoms with Crippen molar-refractivity contribution in [2.75, 3.05) is 28.9 Å². The van der Waals surface area contributed by atoms with Gasteiger partial charge < -0.3 is 20.5 Å². The van der Waals surface area contributed by atoms with E-state index in [4.69, 9.17) is 15.9 Å². The number of carboxylic acid groups (broad SMARTS) is 1. The number of nitrogen functional groups attached to an aromatic ring is 1. The molecule has 0 unspecified atom stereocenters. The van der Waals surface area contributed by atoms with Gasteiger partial charge in [-0.05, 0) is 72.3 Å². The van der Waals surface area contributed by atoms with Crippen LogP contribution < -0.4 is 19.7 Å². The molecule has 1 heterocycles. The van der Waals surface area contributed by atoms with E-state index in [1.807, 2.05) is 0 Å². The first-order valence-electron chi connectivity index (χ1n) is 12.9. The largest absolute Gasteiger partial charge is 0.484 e. The van der Waals surface area contributed by atoms with Crippen LogP contribution in [0.25, 0.3) is 10.8 Å². The Balaban J connectivity index is 0.00000405. The van der Waals surface area contributed by atoms with Crippen molar-refractivity contribution in [1.82, 2.24) is 0 Å². The molecule has 10 nitrogen and oxygen atoms in total. The van der Waals surface area contributed by atoms with Crippen molar-refractivity contribution in [2.45, 2.75) is 17.7 Å².